The number of alkyl halides is 3. The quantitative estimate of drug-likeness (QED) is 0.323. The number of hydrogen-bond acceptors (Lipinski definition) is 5. The minimum atomic E-state index is -1.95. The minimum absolute atomic E-state index is 0.0847. The third-order valence-corrected chi connectivity index (χ3v) is 3.59. The molecule has 0 bridgehead atoms. The number of benzene rings is 1. The van der Waals surface area contributed by atoms with E-state index < -0.39 is 22.9 Å². The summed E-state index contributed by atoms with van der Waals surface area (Å²) in [5.74, 6) is -3.01. The van der Waals surface area contributed by atoms with Crippen molar-refractivity contribution in [3.63, 3.8) is 0 Å². The summed E-state index contributed by atoms with van der Waals surface area (Å²) < 4.78 is 10.0. The second-order valence-corrected chi connectivity index (χ2v) is 5.31. The number of carboxylic acids is 1. The first-order valence-electron chi connectivity index (χ1n) is 5.98. The number of hydrogen-bond donors (Lipinski definition) is 0. The molecule has 0 aliphatic carbocycles. The van der Waals surface area contributed by atoms with Crippen molar-refractivity contribution < 1.29 is 24.2 Å². The van der Waals surface area contributed by atoms with E-state index in [1.165, 1.54) is 12.1 Å². The number of halogens is 3. The Balaban J connectivity index is 2.74. The first-order valence-corrected chi connectivity index (χ1v) is 7.39. The molecule has 1 aromatic rings. The summed E-state index contributed by atoms with van der Waals surface area (Å²) in [6.45, 7) is 0. The van der Waals surface area contributed by atoms with E-state index in [0.29, 0.717) is 18.7 Å². The van der Waals surface area contributed by atoms with E-state index >= 15 is 0 Å². The van der Waals surface area contributed by atoms with Crippen molar-refractivity contribution in [2.24, 2.45) is 0 Å². The average Bonchev–Trinajstić information content (AvgIpc) is 2.46. The predicted molar refractivity (Wildman–Crippen MR) is 76.9 cm³/mol. The largest absolute Gasteiger partial charge is 0.539 e. The molecule has 21 heavy (non-hydrogen) atoms. The Morgan fingerprint density at radius 3 is 2.38 bits per heavy atom. The van der Waals surface area contributed by atoms with E-state index in [2.05, 4.69) is 4.74 Å². The molecule has 0 saturated heterocycles. The summed E-state index contributed by atoms with van der Waals surface area (Å²) in [4.78, 5) is 21.4. The Hall–Kier alpha value is -1.17. The van der Waals surface area contributed by atoms with Crippen molar-refractivity contribution >= 4 is 46.7 Å². The highest BCUT2D eigenvalue weighted by Crippen LogP contribution is 2.30. The molecule has 8 heteroatoms. The normalized spacial score (nSPS) is 13.3. The zero-order valence-electron chi connectivity index (χ0n) is 10.8. The number of carbonyl (C=O) groups excluding carboxylic acids is 2. The minimum Gasteiger partial charge on any atom is -0.539 e. The maximum Gasteiger partial charge on any atom is 0.359 e. The Labute approximate surface area is 136 Å². The van der Waals surface area contributed by atoms with E-state index in [-0.39, 0.29) is 11.5 Å². The van der Waals surface area contributed by atoms with Crippen LogP contribution in [0.5, 0.6) is 11.5 Å². The van der Waals surface area contributed by atoms with Crippen LogP contribution in [0, 0.1) is 0 Å². The van der Waals surface area contributed by atoms with Gasteiger partial charge in [0.2, 0.25) is 0 Å². The van der Waals surface area contributed by atoms with Gasteiger partial charge in [-0.2, -0.15) is 0 Å². The fraction of sp³-hybridized carbons (Fsp3) is 0.385. The molecule has 2 atom stereocenters. The number of carbonyl (C=O) groups is 2. The van der Waals surface area contributed by atoms with Gasteiger partial charge in [0.15, 0.2) is 23.0 Å². The van der Waals surface area contributed by atoms with Crippen LogP contribution in [0.4, 0.5) is 0 Å². The fourth-order valence-electron chi connectivity index (χ4n) is 1.37. The van der Waals surface area contributed by atoms with Crippen LogP contribution in [0.25, 0.3) is 0 Å². The molecular weight excluding hydrogens is 342 g/mol. The Bertz CT molecular complexity index is 494. The van der Waals surface area contributed by atoms with E-state index in [0.717, 1.165) is 0 Å². The van der Waals surface area contributed by atoms with Gasteiger partial charge in [0, 0.05) is 5.88 Å². The lowest BCUT2D eigenvalue weighted by atomic mass is 10.2. The van der Waals surface area contributed by atoms with Gasteiger partial charge in [-0.05, 0) is 25.0 Å². The van der Waals surface area contributed by atoms with Gasteiger partial charge in [0.05, 0.1) is 5.38 Å². The summed E-state index contributed by atoms with van der Waals surface area (Å²) in [5.41, 5.74) is -0.891. The topological polar surface area (TPSA) is 75.7 Å². The van der Waals surface area contributed by atoms with Gasteiger partial charge in [-0.3, -0.25) is 0 Å². The molecule has 0 N–H and O–H groups in total. The second-order valence-electron chi connectivity index (χ2n) is 3.94. The van der Waals surface area contributed by atoms with Crippen LogP contribution < -0.4 is 14.6 Å². The highest BCUT2D eigenvalue weighted by molar-refractivity contribution is 6.29. The molecule has 0 heterocycles. The average molecular weight is 355 g/mol. The van der Waals surface area contributed by atoms with Crippen molar-refractivity contribution in [1.29, 1.82) is 0 Å². The molecule has 0 radical (unpaired) electrons. The maximum absolute atomic E-state index is 11.0. The van der Waals surface area contributed by atoms with E-state index in [1.807, 2.05) is 0 Å². The van der Waals surface area contributed by atoms with Crippen molar-refractivity contribution in [2.75, 3.05) is 5.88 Å². The van der Waals surface area contributed by atoms with Gasteiger partial charge in [0.1, 0.15) is 0 Å². The van der Waals surface area contributed by atoms with Gasteiger partial charge in [0.25, 0.3) is 0 Å². The van der Waals surface area contributed by atoms with E-state index in [1.54, 1.807) is 12.1 Å². The van der Waals surface area contributed by atoms with Gasteiger partial charge < -0.3 is 19.4 Å². The highest BCUT2D eigenvalue weighted by Gasteiger charge is 2.20. The number of carboxylic acid groups (broad SMARTS) is 1. The first kappa shape index (κ1) is 17.9. The van der Waals surface area contributed by atoms with E-state index in [9.17, 15) is 14.7 Å². The Morgan fingerprint density at radius 2 is 1.81 bits per heavy atom. The number of rotatable bonds is 7. The molecule has 0 saturated carbocycles. The van der Waals surface area contributed by atoms with Gasteiger partial charge in [-0.25, -0.2) is 4.79 Å². The molecule has 1 aromatic carbocycles. The molecule has 0 spiro atoms. The zero-order valence-corrected chi connectivity index (χ0v) is 13.0. The van der Waals surface area contributed by atoms with Crippen LogP contribution in [0.1, 0.15) is 12.8 Å². The molecular formula is C13H12Cl3O5-. The number of esters is 1. The van der Waals surface area contributed by atoms with Crippen LogP contribution in [-0.4, -0.2) is 28.8 Å². The molecule has 5 nitrogen and oxygen atoms in total. The number of ether oxygens (including phenoxy) is 2. The third kappa shape index (κ3) is 5.99. The van der Waals surface area contributed by atoms with Crippen molar-refractivity contribution in [1.82, 2.24) is 0 Å². The van der Waals surface area contributed by atoms with Crippen molar-refractivity contribution in [3.8, 4) is 11.5 Å². The van der Waals surface area contributed by atoms with Crippen molar-refractivity contribution in [3.05, 3.63) is 24.3 Å². The Morgan fingerprint density at radius 1 is 1.19 bits per heavy atom. The molecule has 1 rings (SSSR count). The van der Waals surface area contributed by atoms with Crippen molar-refractivity contribution in [2.45, 2.75) is 23.8 Å². The molecule has 0 aliphatic rings. The first-order chi connectivity index (χ1) is 9.95. The highest BCUT2D eigenvalue weighted by atomic mass is 35.5. The second kappa shape index (κ2) is 8.97. The van der Waals surface area contributed by atoms with Gasteiger partial charge in [-0.15, -0.1) is 23.2 Å². The molecule has 0 fully saturated rings. The Kier molecular flexibility index (Phi) is 7.64. The van der Waals surface area contributed by atoms with Crippen LogP contribution in [0.3, 0.4) is 0 Å². The number of aliphatic carboxylic acids is 1. The van der Waals surface area contributed by atoms with Crippen LogP contribution in [0.15, 0.2) is 24.3 Å². The summed E-state index contributed by atoms with van der Waals surface area (Å²) >= 11 is 17.6. The number of para-hydroxylation sites is 2. The molecule has 116 valence electrons. The standard InChI is InChI=1S/C13H13Cl3O5/c14-7-3-4-8(15)11(16)20-9-5-1-2-6-10(9)21-13(19)12(17)18/h1-2,5-6,8,11H,3-4,7H2,(H,17,18)/p-1. The monoisotopic (exact) mass is 353 g/mol. The predicted octanol–water partition coefficient (Wildman–Crippen LogP) is 1.91. The lowest BCUT2D eigenvalue weighted by Gasteiger charge is -2.19. The van der Waals surface area contributed by atoms with Gasteiger partial charge >= 0.3 is 5.97 Å². The third-order valence-electron chi connectivity index (χ3n) is 2.36. The fourth-order valence-corrected chi connectivity index (χ4v) is 1.95. The van der Waals surface area contributed by atoms with Crippen LogP contribution >= 0.6 is 34.8 Å². The molecule has 0 aromatic heterocycles. The summed E-state index contributed by atoms with van der Waals surface area (Å²) in [6.07, 6.45) is 1.21. The lowest BCUT2D eigenvalue weighted by Crippen LogP contribution is -2.35. The zero-order chi connectivity index (χ0) is 15.8. The van der Waals surface area contributed by atoms with Gasteiger partial charge in [-0.1, -0.05) is 23.7 Å². The molecule has 0 aliphatic heterocycles. The smallest absolute Gasteiger partial charge is 0.359 e. The van der Waals surface area contributed by atoms with E-state index in [4.69, 9.17) is 39.5 Å². The summed E-state index contributed by atoms with van der Waals surface area (Å²) in [7, 11) is 0. The molecule has 2 unspecified atom stereocenters. The van der Waals surface area contributed by atoms with Crippen LogP contribution in [-0.2, 0) is 9.59 Å². The SMILES string of the molecule is O=C([O-])C(=O)Oc1ccccc1OC(Cl)C(Cl)CCCCl. The lowest BCUT2D eigenvalue weighted by molar-refractivity contribution is -0.302. The van der Waals surface area contributed by atoms with Crippen LogP contribution in [0.2, 0.25) is 0 Å². The summed E-state index contributed by atoms with van der Waals surface area (Å²) in [5, 5.41) is 9.87. The maximum atomic E-state index is 11.0. The summed E-state index contributed by atoms with van der Waals surface area (Å²) in [6, 6.07) is 5.98. The molecule has 0 amide bonds.